The van der Waals surface area contributed by atoms with Crippen LogP contribution < -0.4 is 0 Å². The monoisotopic (exact) mass is 305 g/mol. The Balaban J connectivity index is 1.80. The molecule has 0 atom stereocenters. The number of pyridine rings is 1. The summed E-state index contributed by atoms with van der Waals surface area (Å²) in [5.41, 5.74) is 3.25. The molecule has 0 saturated heterocycles. The summed E-state index contributed by atoms with van der Waals surface area (Å²) >= 11 is 0. The first-order chi connectivity index (χ1) is 11.9. The third-order valence-corrected chi connectivity index (χ3v) is 4.66. The lowest BCUT2D eigenvalue weighted by Gasteiger charge is -2.09. The van der Waals surface area contributed by atoms with Gasteiger partial charge in [-0.2, -0.15) is 0 Å². The minimum atomic E-state index is 1.02. The molecule has 0 aliphatic carbocycles. The fraction of sp³-hybridized carbons (Fsp3) is 0. The maximum absolute atomic E-state index is 4.95. The summed E-state index contributed by atoms with van der Waals surface area (Å²) < 4.78 is 0. The molecule has 0 spiro atoms. The molecule has 0 aliphatic rings. The van der Waals surface area contributed by atoms with Gasteiger partial charge in [-0.05, 0) is 33.7 Å². The van der Waals surface area contributed by atoms with Gasteiger partial charge in [-0.15, -0.1) is 0 Å². The smallest absolute Gasteiger partial charge is 0.0715 e. The summed E-state index contributed by atoms with van der Waals surface area (Å²) in [7, 11) is 0. The van der Waals surface area contributed by atoms with Crippen LogP contribution in [0.4, 0.5) is 0 Å². The van der Waals surface area contributed by atoms with Crippen LogP contribution in [0.3, 0.4) is 0 Å². The van der Waals surface area contributed by atoms with Crippen molar-refractivity contribution < 1.29 is 0 Å². The van der Waals surface area contributed by atoms with Crippen molar-refractivity contribution in [3.05, 3.63) is 91.0 Å². The Morgan fingerprint density at radius 2 is 1.17 bits per heavy atom. The summed E-state index contributed by atoms with van der Waals surface area (Å²) in [6, 6.07) is 31.9. The van der Waals surface area contributed by atoms with Gasteiger partial charge in [0.2, 0.25) is 0 Å². The van der Waals surface area contributed by atoms with Crippen molar-refractivity contribution in [3.63, 3.8) is 0 Å². The highest BCUT2D eigenvalue weighted by atomic mass is 14.7. The van der Waals surface area contributed by atoms with Gasteiger partial charge in [0.1, 0.15) is 0 Å². The summed E-state index contributed by atoms with van der Waals surface area (Å²) in [4.78, 5) is 4.95. The number of rotatable bonds is 1. The van der Waals surface area contributed by atoms with Crippen LogP contribution in [-0.2, 0) is 0 Å². The Morgan fingerprint density at radius 3 is 2.04 bits per heavy atom. The topological polar surface area (TPSA) is 12.9 Å². The van der Waals surface area contributed by atoms with E-state index in [2.05, 4.69) is 91.0 Å². The molecule has 4 aromatic carbocycles. The average molecular weight is 305 g/mol. The van der Waals surface area contributed by atoms with Gasteiger partial charge in [-0.1, -0.05) is 78.9 Å². The Bertz CT molecular complexity index is 1200. The maximum Gasteiger partial charge on any atom is 0.0715 e. The molecule has 1 aromatic heterocycles. The zero-order chi connectivity index (χ0) is 15.9. The van der Waals surface area contributed by atoms with E-state index in [4.69, 9.17) is 4.98 Å². The van der Waals surface area contributed by atoms with Gasteiger partial charge in [0, 0.05) is 10.9 Å². The highest BCUT2D eigenvalue weighted by Crippen LogP contribution is 2.30. The first-order valence-corrected chi connectivity index (χ1v) is 8.17. The van der Waals surface area contributed by atoms with Crippen molar-refractivity contribution in [1.82, 2.24) is 4.98 Å². The van der Waals surface area contributed by atoms with Crippen LogP contribution in [-0.4, -0.2) is 4.98 Å². The second kappa shape index (κ2) is 5.17. The van der Waals surface area contributed by atoms with Crippen LogP contribution >= 0.6 is 0 Å². The molecule has 0 unspecified atom stereocenters. The van der Waals surface area contributed by atoms with E-state index in [-0.39, 0.29) is 0 Å². The second-order valence-electron chi connectivity index (χ2n) is 6.08. The SMILES string of the molecule is c1ccc2c(-c3ccc4c(ccc5ccccc54)n3)cccc2c1. The molecule has 1 heteroatoms. The molecule has 0 saturated carbocycles. The van der Waals surface area contributed by atoms with Crippen molar-refractivity contribution in [2.45, 2.75) is 0 Å². The van der Waals surface area contributed by atoms with Crippen molar-refractivity contribution >= 4 is 32.4 Å². The molecule has 1 nitrogen and oxygen atoms in total. The fourth-order valence-electron chi connectivity index (χ4n) is 3.48. The molecule has 0 fully saturated rings. The van der Waals surface area contributed by atoms with E-state index in [0.29, 0.717) is 0 Å². The lowest BCUT2D eigenvalue weighted by atomic mass is 10.00. The van der Waals surface area contributed by atoms with E-state index >= 15 is 0 Å². The van der Waals surface area contributed by atoms with Gasteiger partial charge in [0.15, 0.2) is 0 Å². The minimum Gasteiger partial charge on any atom is -0.248 e. The number of nitrogens with zero attached hydrogens (tertiary/aromatic N) is 1. The van der Waals surface area contributed by atoms with E-state index in [9.17, 15) is 0 Å². The van der Waals surface area contributed by atoms with Crippen molar-refractivity contribution in [3.8, 4) is 11.3 Å². The molecular weight excluding hydrogens is 290 g/mol. The van der Waals surface area contributed by atoms with Crippen LogP contribution in [0.5, 0.6) is 0 Å². The minimum absolute atomic E-state index is 1.02. The molecule has 112 valence electrons. The number of fused-ring (bicyclic) bond motifs is 4. The predicted molar refractivity (Wildman–Crippen MR) is 102 cm³/mol. The molecular formula is C23H15N. The van der Waals surface area contributed by atoms with Gasteiger partial charge in [-0.3, -0.25) is 0 Å². The van der Waals surface area contributed by atoms with E-state index in [1.807, 2.05) is 0 Å². The fourth-order valence-corrected chi connectivity index (χ4v) is 3.48. The van der Waals surface area contributed by atoms with Crippen LogP contribution in [0.1, 0.15) is 0 Å². The number of hydrogen-bond donors (Lipinski definition) is 0. The Kier molecular flexibility index (Phi) is 2.86. The number of aromatic nitrogens is 1. The number of benzene rings is 4. The van der Waals surface area contributed by atoms with Gasteiger partial charge >= 0.3 is 0 Å². The second-order valence-corrected chi connectivity index (χ2v) is 6.08. The van der Waals surface area contributed by atoms with Gasteiger partial charge in [0.05, 0.1) is 11.2 Å². The van der Waals surface area contributed by atoms with Crippen LogP contribution in [0.25, 0.3) is 43.7 Å². The predicted octanol–water partition coefficient (Wildman–Crippen LogP) is 6.21. The Morgan fingerprint density at radius 1 is 0.458 bits per heavy atom. The van der Waals surface area contributed by atoms with Crippen LogP contribution in [0.15, 0.2) is 91.0 Å². The van der Waals surface area contributed by atoms with Gasteiger partial charge < -0.3 is 0 Å². The highest BCUT2D eigenvalue weighted by molar-refractivity contribution is 6.07. The lowest BCUT2D eigenvalue weighted by molar-refractivity contribution is 1.41. The van der Waals surface area contributed by atoms with Gasteiger partial charge in [0.25, 0.3) is 0 Å². The summed E-state index contributed by atoms with van der Waals surface area (Å²) in [6.45, 7) is 0. The van der Waals surface area contributed by atoms with Crippen molar-refractivity contribution in [1.29, 1.82) is 0 Å². The zero-order valence-corrected chi connectivity index (χ0v) is 13.1. The molecule has 1 heterocycles. The molecule has 0 aliphatic heterocycles. The van der Waals surface area contributed by atoms with E-state index in [0.717, 1.165) is 11.2 Å². The van der Waals surface area contributed by atoms with Crippen molar-refractivity contribution in [2.24, 2.45) is 0 Å². The van der Waals surface area contributed by atoms with Gasteiger partial charge in [-0.25, -0.2) is 4.98 Å². The summed E-state index contributed by atoms with van der Waals surface area (Å²) in [6.07, 6.45) is 0. The largest absolute Gasteiger partial charge is 0.248 e. The van der Waals surface area contributed by atoms with Crippen LogP contribution in [0, 0.1) is 0 Å². The molecule has 0 amide bonds. The summed E-state index contributed by atoms with van der Waals surface area (Å²) in [5, 5.41) is 6.21. The van der Waals surface area contributed by atoms with E-state index < -0.39 is 0 Å². The third-order valence-electron chi connectivity index (χ3n) is 4.66. The quantitative estimate of drug-likeness (QED) is 0.336. The van der Waals surface area contributed by atoms with Crippen molar-refractivity contribution in [2.75, 3.05) is 0 Å². The highest BCUT2D eigenvalue weighted by Gasteiger charge is 2.07. The first kappa shape index (κ1) is 13.3. The van der Waals surface area contributed by atoms with E-state index in [1.54, 1.807) is 0 Å². The first-order valence-electron chi connectivity index (χ1n) is 8.17. The van der Waals surface area contributed by atoms with E-state index in [1.165, 1.54) is 32.5 Å². The summed E-state index contributed by atoms with van der Waals surface area (Å²) in [5.74, 6) is 0. The molecule has 5 aromatic rings. The molecule has 5 rings (SSSR count). The zero-order valence-electron chi connectivity index (χ0n) is 13.1. The molecule has 0 radical (unpaired) electrons. The average Bonchev–Trinajstić information content (AvgIpc) is 2.67. The molecule has 24 heavy (non-hydrogen) atoms. The normalized spacial score (nSPS) is 11.3. The van der Waals surface area contributed by atoms with Crippen LogP contribution in [0.2, 0.25) is 0 Å². The molecule has 0 bridgehead atoms. The standard InChI is InChI=1S/C23H15N/c1-3-9-18-16(6-1)8-5-11-20(18)23-15-13-21-19-10-4-2-7-17(19)12-14-22(21)24-23/h1-15H. The lowest BCUT2D eigenvalue weighted by Crippen LogP contribution is -1.87. The Hall–Kier alpha value is -3.19. The molecule has 0 N–H and O–H groups in total. The maximum atomic E-state index is 4.95. The third kappa shape index (κ3) is 1.99. The number of hydrogen-bond acceptors (Lipinski definition) is 1. The Labute approximate surface area is 140 Å².